The Labute approximate surface area is 195 Å². The van der Waals surface area contributed by atoms with E-state index in [1.54, 1.807) is 30.3 Å². The van der Waals surface area contributed by atoms with Gasteiger partial charge in [-0.15, -0.1) is 0 Å². The average Bonchev–Trinajstić information content (AvgIpc) is 3.12. The third-order valence-corrected chi connectivity index (χ3v) is 5.25. The van der Waals surface area contributed by atoms with Gasteiger partial charge in [0.2, 0.25) is 17.6 Å². The number of benzene rings is 2. The molecule has 2 aromatic carbocycles. The van der Waals surface area contributed by atoms with Crippen LogP contribution in [-0.4, -0.2) is 65.1 Å². The predicted molar refractivity (Wildman–Crippen MR) is 119 cm³/mol. The van der Waals surface area contributed by atoms with Crippen LogP contribution in [-0.2, 0) is 19.0 Å². The van der Waals surface area contributed by atoms with Crippen LogP contribution < -0.4 is 4.90 Å². The lowest BCUT2D eigenvalue weighted by atomic mass is 10.1. The van der Waals surface area contributed by atoms with Crippen LogP contribution in [0.15, 0.2) is 60.0 Å². The Kier molecular flexibility index (Phi) is 7.75. The summed E-state index contributed by atoms with van der Waals surface area (Å²) in [6.07, 6.45) is -3.05. The maximum Gasteiger partial charge on any atom is 0.378 e. The largest absolute Gasteiger partial charge is 0.505 e. The first kappa shape index (κ1) is 24.6. The van der Waals surface area contributed by atoms with Gasteiger partial charge in [0.1, 0.15) is 5.56 Å². The Bertz CT molecular complexity index is 1090. The highest BCUT2D eigenvalue weighted by Gasteiger charge is 2.44. The Morgan fingerprint density at radius 3 is 2.32 bits per heavy atom. The smallest absolute Gasteiger partial charge is 0.378 e. The molecule has 0 bridgehead atoms. The SMILES string of the molecule is CCN(CC)c1cccc(C(=O)OC2=C(O)C(=O)O[C@@H]2[C@H](CO)OC(=O)c2ccccc2)c1O. The molecule has 34 heavy (non-hydrogen) atoms. The van der Waals surface area contributed by atoms with Gasteiger partial charge in [0, 0.05) is 13.1 Å². The van der Waals surface area contributed by atoms with E-state index in [0.29, 0.717) is 18.8 Å². The van der Waals surface area contributed by atoms with Gasteiger partial charge in [-0.2, -0.15) is 0 Å². The number of hydrogen-bond acceptors (Lipinski definition) is 10. The summed E-state index contributed by atoms with van der Waals surface area (Å²) in [5.41, 5.74) is 0.359. The molecule has 0 saturated heterocycles. The molecule has 0 radical (unpaired) electrons. The van der Waals surface area contributed by atoms with Crippen molar-refractivity contribution in [2.45, 2.75) is 26.1 Å². The van der Waals surface area contributed by atoms with Crippen molar-refractivity contribution in [2.24, 2.45) is 0 Å². The van der Waals surface area contributed by atoms with Crippen LogP contribution in [0.1, 0.15) is 34.6 Å². The number of aliphatic hydroxyl groups is 2. The summed E-state index contributed by atoms with van der Waals surface area (Å²) >= 11 is 0. The lowest BCUT2D eigenvalue weighted by molar-refractivity contribution is -0.148. The topological polar surface area (TPSA) is 143 Å². The van der Waals surface area contributed by atoms with Gasteiger partial charge < -0.3 is 34.4 Å². The molecule has 1 heterocycles. The third-order valence-electron chi connectivity index (χ3n) is 5.25. The Hall–Kier alpha value is -4.05. The van der Waals surface area contributed by atoms with E-state index in [1.165, 1.54) is 18.2 Å². The summed E-state index contributed by atoms with van der Waals surface area (Å²) in [4.78, 5) is 39.0. The second kappa shape index (κ2) is 10.7. The highest BCUT2D eigenvalue weighted by Crippen LogP contribution is 2.33. The number of para-hydroxylation sites is 1. The van der Waals surface area contributed by atoms with Crippen LogP contribution in [0.25, 0.3) is 0 Å². The van der Waals surface area contributed by atoms with E-state index < -0.39 is 48.2 Å². The minimum atomic E-state index is -1.58. The maximum absolute atomic E-state index is 12.8. The lowest BCUT2D eigenvalue weighted by Gasteiger charge is -2.24. The van der Waals surface area contributed by atoms with Gasteiger partial charge in [-0.3, -0.25) is 0 Å². The van der Waals surface area contributed by atoms with Crippen molar-refractivity contribution >= 4 is 23.6 Å². The molecule has 1 aliphatic heterocycles. The van der Waals surface area contributed by atoms with Crippen LogP contribution in [0, 0.1) is 0 Å². The second-order valence-electron chi connectivity index (χ2n) is 7.27. The normalized spacial score (nSPS) is 16.1. The summed E-state index contributed by atoms with van der Waals surface area (Å²) in [5.74, 6) is -5.11. The van der Waals surface area contributed by atoms with E-state index in [1.807, 2.05) is 18.7 Å². The molecule has 2 atom stereocenters. The predicted octanol–water partition coefficient (Wildman–Crippen LogP) is 2.31. The molecular weight excluding hydrogens is 446 g/mol. The quantitative estimate of drug-likeness (QED) is 0.368. The first-order valence-corrected chi connectivity index (χ1v) is 10.6. The highest BCUT2D eigenvalue weighted by atomic mass is 16.6. The molecule has 0 unspecified atom stereocenters. The third kappa shape index (κ3) is 4.96. The molecule has 0 saturated carbocycles. The number of anilines is 1. The number of hydrogen-bond donors (Lipinski definition) is 3. The summed E-state index contributed by atoms with van der Waals surface area (Å²) in [6.45, 7) is 4.12. The number of phenols is 1. The minimum Gasteiger partial charge on any atom is -0.505 e. The van der Waals surface area contributed by atoms with Crippen molar-refractivity contribution in [2.75, 3.05) is 24.6 Å². The Morgan fingerprint density at radius 1 is 1.03 bits per heavy atom. The zero-order valence-corrected chi connectivity index (χ0v) is 18.6. The van der Waals surface area contributed by atoms with E-state index in [-0.39, 0.29) is 16.9 Å². The van der Waals surface area contributed by atoms with Crippen LogP contribution in [0.5, 0.6) is 5.75 Å². The highest BCUT2D eigenvalue weighted by molar-refractivity contribution is 5.97. The summed E-state index contributed by atoms with van der Waals surface area (Å²) in [5, 5.41) is 30.5. The number of aromatic hydroxyl groups is 1. The van der Waals surface area contributed by atoms with Crippen molar-refractivity contribution in [1.29, 1.82) is 0 Å². The number of nitrogens with zero attached hydrogens (tertiary/aromatic N) is 1. The first-order chi connectivity index (χ1) is 16.3. The number of esters is 3. The zero-order chi connectivity index (χ0) is 24.8. The Morgan fingerprint density at radius 2 is 1.71 bits per heavy atom. The van der Waals surface area contributed by atoms with E-state index in [2.05, 4.69) is 0 Å². The average molecular weight is 471 g/mol. The van der Waals surface area contributed by atoms with Crippen molar-refractivity contribution in [3.63, 3.8) is 0 Å². The van der Waals surface area contributed by atoms with Crippen LogP contribution >= 0.6 is 0 Å². The Balaban J connectivity index is 1.85. The van der Waals surface area contributed by atoms with Crippen molar-refractivity contribution in [1.82, 2.24) is 0 Å². The van der Waals surface area contributed by atoms with Gasteiger partial charge in [0.05, 0.1) is 17.9 Å². The molecule has 1 aliphatic rings. The number of rotatable bonds is 9. The molecule has 0 fully saturated rings. The molecule has 3 N–H and O–H groups in total. The molecule has 0 aromatic heterocycles. The molecule has 10 heteroatoms. The molecular formula is C24H25NO9. The fraction of sp³-hybridized carbons (Fsp3) is 0.292. The van der Waals surface area contributed by atoms with E-state index in [4.69, 9.17) is 14.2 Å². The fourth-order valence-corrected chi connectivity index (χ4v) is 3.46. The molecule has 3 rings (SSSR count). The van der Waals surface area contributed by atoms with Crippen LogP contribution in [0.4, 0.5) is 5.69 Å². The number of ether oxygens (including phenoxy) is 3. The number of carbonyl (C=O) groups is 3. The van der Waals surface area contributed by atoms with Gasteiger partial charge in [-0.25, -0.2) is 14.4 Å². The molecule has 0 spiro atoms. The standard InChI is InChI=1S/C24H25NO9/c1-3-25(4-2)16-12-8-11-15(18(16)27)23(30)34-21-19(28)24(31)33-20(21)17(13-26)32-22(29)14-9-6-5-7-10-14/h5-12,17,20,26-28H,3-4,13H2,1-2H3/t17-,20+/m0/s1. The van der Waals surface area contributed by atoms with Gasteiger partial charge in [-0.05, 0) is 38.1 Å². The number of carbonyl (C=O) groups excluding carboxylic acids is 3. The van der Waals surface area contributed by atoms with Crippen molar-refractivity contribution in [3.05, 3.63) is 71.2 Å². The lowest BCUT2D eigenvalue weighted by Crippen LogP contribution is -2.37. The number of aliphatic hydroxyl groups excluding tert-OH is 2. The summed E-state index contributed by atoms with van der Waals surface area (Å²) in [6, 6.07) is 12.4. The molecule has 0 aliphatic carbocycles. The van der Waals surface area contributed by atoms with Crippen LogP contribution in [0.3, 0.4) is 0 Å². The van der Waals surface area contributed by atoms with E-state index in [9.17, 15) is 29.7 Å². The summed E-state index contributed by atoms with van der Waals surface area (Å²) < 4.78 is 15.4. The molecule has 10 nitrogen and oxygen atoms in total. The molecule has 0 amide bonds. The number of phenolic OH excluding ortho intramolecular Hbond substituents is 1. The molecule has 180 valence electrons. The first-order valence-electron chi connectivity index (χ1n) is 10.6. The minimum absolute atomic E-state index is 0.176. The fourth-order valence-electron chi connectivity index (χ4n) is 3.46. The van der Waals surface area contributed by atoms with E-state index in [0.717, 1.165) is 0 Å². The monoisotopic (exact) mass is 471 g/mol. The summed E-state index contributed by atoms with van der Waals surface area (Å²) in [7, 11) is 0. The zero-order valence-electron chi connectivity index (χ0n) is 18.6. The van der Waals surface area contributed by atoms with Gasteiger partial charge >= 0.3 is 17.9 Å². The van der Waals surface area contributed by atoms with E-state index >= 15 is 0 Å². The second-order valence-corrected chi connectivity index (χ2v) is 7.27. The van der Waals surface area contributed by atoms with Crippen LogP contribution in [0.2, 0.25) is 0 Å². The van der Waals surface area contributed by atoms with Gasteiger partial charge in [-0.1, -0.05) is 24.3 Å². The molecule has 2 aromatic rings. The van der Waals surface area contributed by atoms with Gasteiger partial charge in [0.25, 0.3) is 0 Å². The van der Waals surface area contributed by atoms with Crippen molar-refractivity contribution in [3.8, 4) is 5.75 Å². The maximum atomic E-state index is 12.8. The van der Waals surface area contributed by atoms with Crippen molar-refractivity contribution < 1.29 is 43.9 Å². The number of cyclic esters (lactones) is 1. The van der Waals surface area contributed by atoms with Gasteiger partial charge in [0.15, 0.2) is 11.9 Å².